The average Bonchev–Trinajstić information content (AvgIpc) is 2.84. The zero-order chi connectivity index (χ0) is 28.0. The number of aliphatic hydroxyl groups excluding tert-OH is 4. The summed E-state index contributed by atoms with van der Waals surface area (Å²) in [5.74, 6) is -7.48. The van der Waals surface area contributed by atoms with Crippen LogP contribution in [0.4, 0.5) is 0 Å². The fourth-order valence-electron chi connectivity index (χ4n) is 3.47. The van der Waals surface area contributed by atoms with Gasteiger partial charge in [-0.15, -0.1) is 20.4 Å². The van der Waals surface area contributed by atoms with Crippen molar-refractivity contribution in [3.8, 4) is 0 Å². The van der Waals surface area contributed by atoms with Crippen molar-refractivity contribution in [2.45, 2.75) is 56.4 Å². The third-order valence-corrected chi connectivity index (χ3v) is 6.33. The minimum absolute atomic E-state index is 0.00456. The molecule has 7 atom stereocenters. The Morgan fingerprint density at radius 3 is 2.41 bits per heavy atom. The van der Waals surface area contributed by atoms with E-state index in [2.05, 4.69) is 34.8 Å². The van der Waals surface area contributed by atoms with E-state index in [4.69, 9.17) is 4.74 Å². The predicted molar refractivity (Wildman–Crippen MR) is 115 cm³/mol. The van der Waals surface area contributed by atoms with E-state index in [1.54, 1.807) is 6.92 Å². The Labute approximate surface area is 209 Å². The summed E-state index contributed by atoms with van der Waals surface area (Å²) in [5, 5.41) is 66.8. The molecule has 208 valence electrons. The second-order valence-electron chi connectivity index (χ2n) is 8.12. The zero-order valence-corrected chi connectivity index (χ0v) is 20.6. The molecule has 2 heterocycles. The maximum atomic E-state index is 12.6. The van der Waals surface area contributed by atoms with Crippen molar-refractivity contribution in [3.05, 3.63) is 11.6 Å². The van der Waals surface area contributed by atoms with Crippen LogP contribution in [0.3, 0.4) is 0 Å². The van der Waals surface area contributed by atoms with Gasteiger partial charge in [-0.05, 0) is 6.92 Å². The van der Waals surface area contributed by atoms with Gasteiger partial charge in [0, 0.05) is 25.9 Å². The van der Waals surface area contributed by atoms with E-state index in [9.17, 15) is 49.4 Å². The number of phosphoric ester groups is 1. The topological polar surface area (TPSA) is 281 Å². The number of aliphatic carboxylic acids is 1. The van der Waals surface area contributed by atoms with Gasteiger partial charge in [0.15, 0.2) is 17.4 Å². The molecule has 1 fully saturated rings. The number of ketones is 1. The fraction of sp³-hybridized carbons (Fsp3) is 0.722. The largest absolute Gasteiger partial charge is 0.477 e. The molecular formula is C18H28N5O13P. The SMILES string of the molecule is COP(=O)(O)OC1(C(=O)O)CC(O)C(CC(=O)CNC(=O)Cc2nnc(C)nn2)C([C@H](O)[C@H](O)CO)O1. The quantitative estimate of drug-likeness (QED) is 0.115. The van der Waals surface area contributed by atoms with Crippen LogP contribution in [0.5, 0.6) is 0 Å². The van der Waals surface area contributed by atoms with Gasteiger partial charge in [-0.3, -0.25) is 14.1 Å². The summed E-state index contributed by atoms with van der Waals surface area (Å²) in [5.41, 5.74) is 0. The van der Waals surface area contributed by atoms with E-state index < -0.39 is 87.6 Å². The first kappa shape index (κ1) is 30.7. The molecule has 18 nitrogen and oxygen atoms in total. The molecule has 37 heavy (non-hydrogen) atoms. The van der Waals surface area contributed by atoms with Gasteiger partial charge >= 0.3 is 13.8 Å². The molecule has 5 unspecified atom stereocenters. The van der Waals surface area contributed by atoms with Gasteiger partial charge < -0.3 is 40.5 Å². The second kappa shape index (κ2) is 12.8. The molecule has 1 saturated heterocycles. The number of aromatic nitrogens is 4. The maximum Gasteiger partial charge on any atom is 0.474 e. The van der Waals surface area contributed by atoms with Gasteiger partial charge in [-0.25, -0.2) is 13.9 Å². The van der Waals surface area contributed by atoms with E-state index in [1.165, 1.54) is 0 Å². The van der Waals surface area contributed by atoms with E-state index in [-0.39, 0.29) is 18.1 Å². The lowest BCUT2D eigenvalue weighted by Crippen LogP contribution is -2.62. The molecule has 0 spiro atoms. The number of nitrogens with one attached hydrogen (secondary N) is 1. The lowest BCUT2D eigenvalue weighted by molar-refractivity contribution is -0.297. The van der Waals surface area contributed by atoms with Crippen LogP contribution < -0.4 is 5.32 Å². The Morgan fingerprint density at radius 1 is 1.24 bits per heavy atom. The van der Waals surface area contributed by atoms with Crippen LogP contribution in [0.25, 0.3) is 0 Å². The first-order valence-electron chi connectivity index (χ1n) is 10.7. The number of amides is 1. The number of carbonyl (C=O) groups excluding carboxylic acids is 2. The Morgan fingerprint density at radius 2 is 1.86 bits per heavy atom. The molecule has 0 bridgehead atoms. The molecule has 1 aromatic rings. The number of carboxylic acid groups (broad SMARTS) is 1. The van der Waals surface area contributed by atoms with Crippen molar-refractivity contribution in [2.24, 2.45) is 5.92 Å². The Hall–Kier alpha value is -2.54. The Balaban J connectivity index is 2.16. The van der Waals surface area contributed by atoms with Gasteiger partial charge in [0.1, 0.15) is 12.2 Å². The molecule has 1 aliphatic heterocycles. The Bertz CT molecular complexity index is 1010. The summed E-state index contributed by atoms with van der Waals surface area (Å²) < 4.78 is 26.0. The summed E-state index contributed by atoms with van der Waals surface area (Å²) >= 11 is 0. The summed E-state index contributed by atoms with van der Waals surface area (Å²) in [7, 11) is -4.28. The molecule has 0 aromatic carbocycles. The number of nitrogens with zero attached hydrogens (tertiary/aromatic N) is 4. The summed E-state index contributed by atoms with van der Waals surface area (Å²) in [6, 6.07) is 0. The molecule has 1 aromatic heterocycles. The van der Waals surface area contributed by atoms with Crippen molar-refractivity contribution in [2.75, 3.05) is 20.3 Å². The van der Waals surface area contributed by atoms with Crippen LogP contribution in [-0.2, 0) is 39.2 Å². The number of phosphoric acid groups is 1. The minimum atomic E-state index is -5.02. The standard InChI is InChI=1S/C18H28N5O13P/c1-8-20-22-13(23-21-8)4-14(28)19-6-9(25)3-10-11(26)5-18(17(30)31,36-37(32,33)34-2)35-16(10)15(29)12(27)7-24/h10-12,15-16,24,26-27,29H,3-7H2,1-2H3,(H,19,28)(H,30,31)(H,32,33)/t10?,11?,12-,15-,16?,18?/m1/s1. The smallest absolute Gasteiger partial charge is 0.474 e. The molecule has 2 rings (SSSR count). The molecule has 0 aliphatic carbocycles. The number of ether oxygens (including phenoxy) is 1. The van der Waals surface area contributed by atoms with Gasteiger partial charge in [0.25, 0.3) is 5.79 Å². The first-order chi connectivity index (χ1) is 17.2. The number of rotatable bonds is 13. The van der Waals surface area contributed by atoms with E-state index in [0.29, 0.717) is 0 Å². The van der Waals surface area contributed by atoms with Crippen LogP contribution >= 0.6 is 7.82 Å². The van der Waals surface area contributed by atoms with Gasteiger partial charge in [0.05, 0.1) is 31.8 Å². The number of hydrogen-bond acceptors (Lipinski definition) is 15. The first-order valence-corrected chi connectivity index (χ1v) is 12.2. The predicted octanol–water partition coefficient (Wildman–Crippen LogP) is -3.78. The van der Waals surface area contributed by atoms with Crippen LogP contribution in [0.15, 0.2) is 0 Å². The van der Waals surface area contributed by atoms with Crippen molar-refractivity contribution in [1.29, 1.82) is 0 Å². The van der Waals surface area contributed by atoms with E-state index >= 15 is 0 Å². The number of aryl methyl sites for hydroxylation is 1. The van der Waals surface area contributed by atoms with Crippen molar-refractivity contribution in [1.82, 2.24) is 25.7 Å². The monoisotopic (exact) mass is 553 g/mol. The number of Topliss-reactive ketones (excluding diaryl/α,β-unsaturated/α-hetero) is 1. The number of aliphatic hydroxyl groups is 4. The van der Waals surface area contributed by atoms with Gasteiger partial charge in [-0.1, -0.05) is 0 Å². The van der Waals surface area contributed by atoms with E-state index in [0.717, 1.165) is 7.11 Å². The average molecular weight is 553 g/mol. The van der Waals surface area contributed by atoms with Crippen LogP contribution in [0, 0.1) is 12.8 Å². The maximum absolute atomic E-state index is 12.6. The van der Waals surface area contributed by atoms with E-state index in [1.807, 2.05) is 0 Å². The molecule has 0 saturated carbocycles. The Kier molecular flexibility index (Phi) is 10.6. The second-order valence-corrected chi connectivity index (χ2v) is 9.60. The van der Waals surface area contributed by atoms with Crippen molar-refractivity contribution >= 4 is 25.5 Å². The van der Waals surface area contributed by atoms with Gasteiger partial charge in [0.2, 0.25) is 5.91 Å². The molecular weight excluding hydrogens is 525 g/mol. The van der Waals surface area contributed by atoms with Crippen LogP contribution in [-0.4, -0.2) is 119 Å². The fourth-order valence-corrected chi connectivity index (χ4v) is 4.11. The molecule has 1 amide bonds. The van der Waals surface area contributed by atoms with Crippen LogP contribution in [0.2, 0.25) is 0 Å². The highest BCUT2D eigenvalue weighted by atomic mass is 31.2. The number of carbonyl (C=O) groups is 3. The molecule has 19 heteroatoms. The highest BCUT2D eigenvalue weighted by Crippen LogP contribution is 2.51. The normalized spacial score (nSPS) is 27.1. The number of hydrogen-bond donors (Lipinski definition) is 7. The molecule has 0 radical (unpaired) electrons. The zero-order valence-electron chi connectivity index (χ0n) is 19.7. The van der Waals surface area contributed by atoms with Crippen LogP contribution in [0.1, 0.15) is 24.5 Å². The molecule has 7 N–H and O–H groups in total. The highest BCUT2D eigenvalue weighted by Gasteiger charge is 2.58. The highest BCUT2D eigenvalue weighted by molar-refractivity contribution is 7.47. The molecule has 1 aliphatic rings. The third kappa shape index (κ3) is 8.22. The van der Waals surface area contributed by atoms with Gasteiger partial charge in [-0.2, -0.15) is 0 Å². The lowest BCUT2D eigenvalue weighted by atomic mass is 9.80. The lowest BCUT2D eigenvalue weighted by Gasteiger charge is -2.46. The summed E-state index contributed by atoms with van der Waals surface area (Å²) in [4.78, 5) is 46.2. The third-order valence-electron chi connectivity index (χ3n) is 5.34. The summed E-state index contributed by atoms with van der Waals surface area (Å²) in [6.07, 6.45) is -9.62. The minimum Gasteiger partial charge on any atom is -0.477 e. The summed E-state index contributed by atoms with van der Waals surface area (Å²) in [6.45, 7) is -0.0331. The number of carboxylic acids is 1. The van der Waals surface area contributed by atoms with Crippen molar-refractivity contribution < 1.29 is 63.2 Å². The van der Waals surface area contributed by atoms with Crippen molar-refractivity contribution in [3.63, 3.8) is 0 Å².